The molecule has 0 saturated carbocycles. The van der Waals surface area contributed by atoms with E-state index in [1.54, 1.807) is 17.4 Å². The molecule has 1 aliphatic rings. The number of fused-ring (bicyclic) bond motifs is 1. The lowest BCUT2D eigenvalue weighted by molar-refractivity contribution is -0.116. The summed E-state index contributed by atoms with van der Waals surface area (Å²) >= 11 is 9.75. The number of carbonyl (C=O) groups excluding carboxylic acids is 1. The number of thiophene rings is 2. The van der Waals surface area contributed by atoms with E-state index in [2.05, 4.69) is 39.2 Å². The summed E-state index contributed by atoms with van der Waals surface area (Å²) < 4.78 is 0. The van der Waals surface area contributed by atoms with E-state index >= 15 is 0 Å². The van der Waals surface area contributed by atoms with Gasteiger partial charge in [-0.3, -0.25) is 9.69 Å². The maximum absolute atomic E-state index is 12.4. The van der Waals surface area contributed by atoms with Gasteiger partial charge in [0.1, 0.15) is 0 Å². The molecule has 3 nitrogen and oxygen atoms in total. The van der Waals surface area contributed by atoms with Crippen molar-refractivity contribution in [3.63, 3.8) is 0 Å². The van der Waals surface area contributed by atoms with E-state index in [4.69, 9.17) is 11.6 Å². The van der Waals surface area contributed by atoms with E-state index in [0.29, 0.717) is 17.1 Å². The van der Waals surface area contributed by atoms with E-state index in [9.17, 15) is 4.79 Å². The van der Waals surface area contributed by atoms with Crippen LogP contribution in [0.1, 0.15) is 27.8 Å². The topological polar surface area (TPSA) is 32.3 Å². The van der Waals surface area contributed by atoms with Crippen molar-refractivity contribution in [2.24, 2.45) is 0 Å². The normalized spacial score (nSPS) is 17.0. The largest absolute Gasteiger partial charge is 0.325 e. The van der Waals surface area contributed by atoms with Crippen molar-refractivity contribution in [1.82, 2.24) is 4.90 Å². The molecule has 4 rings (SSSR count). The van der Waals surface area contributed by atoms with Gasteiger partial charge in [-0.15, -0.1) is 22.7 Å². The van der Waals surface area contributed by atoms with E-state index in [0.717, 1.165) is 19.5 Å². The average Bonchev–Trinajstić information content (AvgIpc) is 3.33. The highest BCUT2D eigenvalue weighted by Gasteiger charge is 2.30. The maximum atomic E-state index is 12.4. The zero-order chi connectivity index (χ0) is 17.9. The molecule has 0 aliphatic carbocycles. The highest BCUT2D eigenvalue weighted by molar-refractivity contribution is 7.10. The summed E-state index contributed by atoms with van der Waals surface area (Å²) in [6.07, 6.45) is 1.51. The van der Waals surface area contributed by atoms with Crippen LogP contribution in [-0.2, 0) is 11.2 Å². The predicted octanol–water partition coefficient (Wildman–Crippen LogP) is 5.44. The number of nitrogens with zero attached hydrogens (tertiary/aromatic N) is 1. The lowest BCUT2D eigenvalue weighted by Crippen LogP contribution is -2.37. The van der Waals surface area contributed by atoms with E-state index in [1.807, 2.05) is 29.5 Å². The van der Waals surface area contributed by atoms with Gasteiger partial charge in [-0.1, -0.05) is 29.8 Å². The molecular formula is C20H19ClN2OS2. The first kappa shape index (κ1) is 17.7. The maximum Gasteiger partial charge on any atom is 0.225 e. The van der Waals surface area contributed by atoms with Crippen molar-refractivity contribution in [1.29, 1.82) is 0 Å². The molecule has 1 amide bonds. The van der Waals surface area contributed by atoms with E-state index in [-0.39, 0.29) is 11.9 Å². The van der Waals surface area contributed by atoms with Gasteiger partial charge in [0.05, 0.1) is 16.8 Å². The lowest BCUT2D eigenvalue weighted by Gasteiger charge is -2.35. The smallest absolute Gasteiger partial charge is 0.225 e. The van der Waals surface area contributed by atoms with Gasteiger partial charge in [-0.05, 0) is 47.0 Å². The summed E-state index contributed by atoms with van der Waals surface area (Å²) in [6, 6.07) is 14.1. The molecule has 1 aromatic carbocycles. The molecule has 1 aliphatic heterocycles. The molecule has 2 aromatic heterocycles. The van der Waals surface area contributed by atoms with Crippen molar-refractivity contribution >= 4 is 45.9 Å². The van der Waals surface area contributed by atoms with Crippen LogP contribution in [0.4, 0.5) is 5.69 Å². The number of para-hydroxylation sites is 1. The van der Waals surface area contributed by atoms with Crippen molar-refractivity contribution in [3.05, 3.63) is 73.6 Å². The first-order valence-corrected chi connectivity index (χ1v) is 10.7. The zero-order valence-electron chi connectivity index (χ0n) is 14.2. The van der Waals surface area contributed by atoms with Crippen molar-refractivity contribution in [2.45, 2.75) is 18.9 Å². The fraction of sp³-hybridized carbons (Fsp3) is 0.250. The summed E-state index contributed by atoms with van der Waals surface area (Å²) in [6.45, 7) is 1.71. The predicted molar refractivity (Wildman–Crippen MR) is 110 cm³/mol. The molecule has 134 valence electrons. The Hall–Kier alpha value is -1.66. The van der Waals surface area contributed by atoms with Gasteiger partial charge in [-0.25, -0.2) is 0 Å². The quantitative estimate of drug-likeness (QED) is 0.616. The van der Waals surface area contributed by atoms with Crippen molar-refractivity contribution < 1.29 is 4.79 Å². The van der Waals surface area contributed by atoms with E-state index < -0.39 is 0 Å². The van der Waals surface area contributed by atoms with E-state index in [1.165, 1.54) is 15.3 Å². The molecule has 6 heteroatoms. The number of rotatable bonds is 5. The molecule has 1 atom stereocenters. The monoisotopic (exact) mass is 402 g/mol. The number of halogens is 1. The lowest BCUT2D eigenvalue weighted by atomic mass is 9.98. The van der Waals surface area contributed by atoms with Crippen LogP contribution in [0.5, 0.6) is 0 Å². The second-order valence-electron chi connectivity index (χ2n) is 6.28. The van der Waals surface area contributed by atoms with Gasteiger partial charge in [0.15, 0.2) is 0 Å². The Morgan fingerprint density at radius 1 is 1.15 bits per heavy atom. The van der Waals surface area contributed by atoms with Crippen LogP contribution in [0.2, 0.25) is 5.02 Å². The highest BCUT2D eigenvalue weighted by Crippen LogP contribution is 2.39. The molecule has 1 unspecified atom stereocenters. The third kappa shape index (κ3) is 3.71. The minimum absolute atomic E-state index is 0.000792. The molecule has 3 heterocycles. The molecule has 0 spiro atoms. The van der Waals surface area contributed by atoms with Crippen LogP contribution >= 0.6 is 34.3 Å². The van der Waals surface area contributed by atoms with Gasteiger partial charge in [0, 0.05) is 29.3 Å². The first-order chi connectivity index (χ1) is 12.7. The number of hydrogen-bond donors (Lipinski definition) is 1. The number of benzene rings is 1. The molecular weight excluding hydrogens is 384 g/mol. The highest BCUT2D eigenvalue weighted by atomic mass is 35.5. The summed E-state index contributed by atoms with van der Waals surface area (Å²) in [7, 11) is 0. The number of anilines is 1. The SMILES string of the molecule is O=C(CCN1CCc2sccc2C1c1cccs1)Nc1ccccc1Cl. The van der Waals surface area contributed by atoms with Crippen LogP contribution in [0.25, 0.3) is 0 Å². The van der Waals surface area contributed by atoms with Crippen molar-refractivity contribution in [3.8, 4) is 0 Å². The summed E-state index contributed by atoms with van der Waals surface area (Å²) in [5, 5.41) is 7.79. The van der Waals surface area contributed by atoms with Crippen LogP contribution in [0.3, 0.4) is 0 Å². The zero-order valence-corrected chi connectivity index (χ0v) is 16.5. The molecule has 1 N–H and O–H groups in total. The third-order valence-electron chi connectivity index (χ3n) is 4.65. The third-order valence-corrected chi connectivity index (χ3v) is 6.90. The second kappa shape index (κ2) is 7.92. The molecule has 0 fully saturated rings. The Morgan fingerprint density at radius 3 is 2.85 bits per heavy atom. The summed E-state index contributed by atoms with van der Waals surface area (Å²) in [5.74, 6) is -0.000792. The average molecular weight is 403 g/mol. The molecule has 3 aromatic rings. The molecule has 0 bridgehead atoms. The fourth-order valence-electron chi connectivity index (χ4n) is 3.41. The van der Waals surface area contributed by atoms with Crippen LogP contribution in [0, 0.1) is 0 Å². The van der Waals surface area contributed by atoms with Crippen LogP contribution in [-0.4, -0.2) is 23.9 Å². The Morgan fingerprint density at radius 2 is 2.04 bits per heavy atom. The Kier molecular flexibility index (Phi) is 5.41. The first-order valence-electron chi connectivity index (χ1n) is 8.60. The van der Waals surface area contributed by atoms with Gasteiger partial charge in [0.25, 0.3) is 0 Å². The van der Waals surface area contributed by atoms with Crippen LogP contribution in [0.15, 0.2) is 53.2 Å². The van der Waals surface area contributed by atoms with Crippen LogP contribution < -0.4 is 5.32 Å². The standard InChI is InChI=1S/C20H19ClN2OS2/c21-15-4-1-2-5-16(15)22-19(24)8-11-23-10-7-17-14(9-13-26-17)20(23)18-6-3-12-25-18/h1-6,9,12-13,20H,7-8,10-11H2,(H,22,24). The summed E-state index contributed by atoms with van der Waals surface area (Å²) in [5.41, 5.74) is 2.07. The van der Waals surface area contributed by atoms with Gasteiger partial charge < -0.3 is 5.32 Å². The minimum atomic E-state index is -0.000792. The number of nitrogens with one attached hydrogen (secondary N) is 1. The molecule has 26 heavy (non-hydrogen) atoms. The molecule has 0 saturated heterocycles. The number of amides is 1. The molecule has 0 radical (unpaired) electrons. The number of carbonyl (C=O) groups is 1. The second-order valence-corrected chi connectivity index (χ2v) is 8.67. The Balaban J connectivity index is 1.45. The Labute approximate surface area is 166 Å². The minimum Gasteiger partial charge on any atom is -0.325 e. The van der Waals surface area contributed by atoms with Gasteiger partial charge in [0.2, 0.25) is 5.91 Å². The fourth-order valence-corrected chi connectivity index (χ4v) is 5.37. The number of hydrogen-bond acceptors (Lipinski definition) is 4. The summed E-state index contributed by atoms with van der Waals surface area (Å²) in [4.78, 5) is 17.6. The van der Waals surface area contributed by atoms with Gasteiger partial charge >= 0.3 is 0 Å². The Bertz CT molecular complexity index is 891. The van der Waals surface area contributed by atoms with Gasteiger partial charge in [-0.2, -0.15) is 0 Å². The van der Waals surface area contributed by atoms with Crippen molar-refractivity contribution in [2.75, 3.05) is 18.4 Å².